The van der Waals surface area contributed by atoms with E-state index in [1.165, 1.54) is 29.2 Å². The van der Waals surface area contributed by atoms with E-state index in [1.54, 1.807) is 20.8 Å². The number of nitro groups is 1. The molecule has 2 aromatic carbocycles. The molecule has 1 saturated heterocycles. The first-order valence-electron chi connectivity index (χ1n) is 11.0. The number of ether oxygens (including phenoxy) is 3. The summed E-state index contributed by atoms with van der Waals surface area (Å²) >= 11 is 0. The Balaban J connectivity index is 2.03. The first kappa shape index (κ1) is 25.1. The molecule has 1 N–H and O–H groups in total. The molecule has 0 aromatic heterocycles. The molecule has 3 rings (SSSR count). The fourth-order valence-electron chi connectivity index (χ4n) is 4.07. The van der Waals surface area contributed by atoms with Gasteiger partial charge in [0.15, 0.2) is 6.23 Å². The summed E-state index contributed by atoms with van der Waals surface area (Å²) in [4.78, 5) is 37.7. The normalized spacial score (nSPS) is 21.5. The van der Waals surface area contributed by atoms with Gasteiger partial charge >= 0.3 is 12.1 Å². The molecular formula is C24H28N2O8. The van der Waals surface area contributed by atoms with E-state index in [0.29, 0.717) is 0 Å². The molecule has 182 valence electrons. The molecule has 1 amide bonds. The number of carbonyl (C=O) groups is 2. The highest BCUT2D eigenvalue weighted by molar-refractivity contribution is 5.76. The number of non-ortho nitro benzene ring substituents is 1. The van der Waals surface area contributed by atoms with Crippen LogP contribution in [0.1, 0.15) is 44.1 Å². The molecule has 0 aliphatic carbocycles. The van der Waals surface area contributed by atoms with Crippen molar-refractivity contribution < 1.29 is 33.8 Å². The lowest BCUT2D eigenvalue weighted by Gasteiger charge is -2.32. The van der Waals surface area contributed by atoms with Gasteiger partial charge in [0.2, 0.25) is 0 Å². The van der Waals surface area contributed by atoms with Gasteiger partial charge in [-0.15, -0.1) is 0 Å². The summed E-state index contributed by atoms with van der Waals surface area (Å²) < 4.78 is 16.7. The summed E-state index contributed by atoms with van der Waals surface area (Å²) in [5.74, 6) is -2.10. The van der Waals surface area contributed by atoms with Crippen molar-refractivity contribution in [2.75, 3.05) is 13.2 Å². The number of rotatable bonds is 8. The van der Waals surface area contributed by atoms with Crippen molar-refractivity contribution in [2.24, 2.45) is 5.92 Å². The van der Waals surface area contributed by atoms with Crippen LogP contribution in [-0.4, -0.2) is 52.5 Å². The fourth-order valence-corrected chi connectivity index (χ4v) is 4.07. The second kappa shape index (κ2) is 11.1. The van der Waals surface area contributed by atoms with Crippen molar-refractivity contribution in [2.45, 2.75) is 45.2 Å². The minimum absolute atomic E-state index is 0.0477. The Bertz CT molecular complexity index is 998. The average molecular weight is 472 g/mol. The molecule has 1 unspecified atom stereocenters. The van der Waals surface area contributed by atoms with Crippen LogP contribution in [0.5, 0.6) is 0 Å². The monoisotopic (exact) mass is 472 g/mol. The Kier molecular flexibility index (Phi) is 8.19. The van der Waals surface area contributed by atoms with Gasteiger partial charge in [0.1, 0.15) is 12.0 Å². The highest BCUT2D eigenvalue weighted by Crippen LogP contribution is 2.42. The summed E-state index contributed by atoms with van der Waals surface area (Å²) in [5.41, 5.74) is 0.873. The zero-order valence-corrected chi connectivity index (χ0v) is 19.2. The quantitative estimate of drug-likeness (QED) is 0.349. The van der Waals surface area contributed by atoms with E-state index < -0.39 is 47.4 Å². The second-order valence-corrected chi connectivity index (χ2v) is 7.78. The maximum Gasteiger partial charge on any atom is 0.412 e. The summed E-state index contributed by atoms with van der Waals surface area (Å²) in [7, 11) is 0. The number of amides is 1. The summed E-state index contributed by atoms with van der Waals surface area (Å²) in [6, 6.07) is 13.9. The number of esters is 1. The number of carbonyl (C=O) groups excluding carboxylic acids is 2. The smallest absolute Gasteiger partial charge is 0.412 e. The van der Waals surface area contributed by atoms with Gasteiger partial charge in [0.25, 0.3) is 5.69 Å². The minimum atomic E-state index is -1.47. The van der Waals surface area contributed by atoms with Crippen LogP contribution < -0.4 is 0 Å². The van der Waals surface area contributed by atoms with Gasteiger partial charge in [-0.3, -0.25) is 19.8 Å². The van der Waals surface area contributed by atoms with Crippen molar-refractivity contribution in [3.63, 3.8) is 0 Å². The lowest BCUT2D eigenvalue weighted by molar-refractivity contribution is -0.384. The molecule has 10 heteroatoms. The predicted molar refractivity (Wildman–Crippen MR) is 121 cm³/mol. The van der Waals surface area contributed by atoms with Crippen LogP contribution in [0, 0.1) is 16.0 Å². The summed E-state index contributed by atoms with van der Waals surface area (Å²) in [6.07, 6.45) is -3.95. The molecule has 5 atom stereocenters. The van der Waals surface area contributed by atoms with Gasteiger partial charge < -0.3 is 19.3 Å². The van der Waals surface area contributed by atoms with E-state index in [0.717, 1.165) is 5.56 Å². The van der Waals surface area contributed by atoms with Crippen LogP contribution in [-0.2, 0) is 19.0 Å². The topological polar surface area (TPSA) is 128 Å². The highest BCUT2D eigenvalue weighted by atomic mass is 16.6. The molecule has 1 aliphatic heterocycles. The van der Waals surface area contributed by atoms with Gasteiger partial charge in [-0.1, -0.05) is 30.3 Å². The van der Waals surface area contributed by atoms with E-state index in [4.69, 9.17) is 14.2 Å². The molecular weight excluding hydrogens is 444 g/mol. The average Bonchev–Trinajstić information content (AvgIpc) is 3.16. The molecule has 0 spiro atoms. The number of aliphatic hydroxyl groups excluding tert-OH is 1. The van der Waals surface area contributed by atoms with Crippen LogP contribution in [0.25, 0.3) is 0 Å². The van der Waals surface area contributed by atoms with Crippen LogP contribution in [0.3, 0.4) is 0 Å². The van der Waals surface area contributed by atoms with E-state index in [2.05, 4.69) is 0 Å². The SMILES string of the molecule is CCOC(=O)[C@H](C1O[C@H](c2ccccc2)[C@H](C)N1C(=O)OCC)[C@@H](O)c1ccc([N+](=O)[O-])cc1. The standard InChI is InChI=1S/C24H28N2O8/c1-4-32-23(28)19(20(27)16-11-13-18(14-12-16)26(30)31)22-25(24(29)33-5-2)15(3)21(34-22)17-9-7-6-8-10-17/h6-15,19-22,27H,4-5H2,1-3H3/t15-,19-,20-,21-,22?/m0/s1. The third kappa shape index (κ3) is 5.18. The van der Waals surface area contributed by atoms with Gasteiger partial charge in [-0.25, -0.2) is 4.79 Å². The largest absolute Gasteiger partial charge is 0.466 e. The molecule has 0 radical (unpaired) electrons. The van der Waals surface area contributed by atoms with E-state index in [9.17, 15) is 24.8 Å². The zero-order chi connectivity index (χ0) is 24.8. The molecule has 10 nitrogen and oxygen atoms in total. The van der Waals surface area contributed by atoms with Crippen LogP contribution in [0.15, 0.2) is 54.6 Å². The molecule has 34 heavy (non-hydrogen) atoms. The zero-order valence-electron chi connectivity index (χ0n) is 19.2. The predicted octanol–water partition coefficient (Wildman–Crippen LogP) is 3.75. The van der Waals surface area contributed by atoms with Crippen LogP contribution in [0.2, 0.25) is 0 Å². The maximum atomic E-state index is 13.0. The highest BCUT2D eigenvalue weighted by Gasteiger charge is 2.52. The Hall–Kier alpha value is -3.50. The Morgan fingerprint density at radius 1 is 1.09 bits per heavy atom. The lowest BCUT2D eigenvalue weighted by atomic mass is 9.93. The number of benzene rings is 2. The van der Waals surface area contributed by atoms with E-state index in [-0.39, 0.29) is 24.5 Å². The van der Waals surface area contributed by atoms with E-state index >= 15 is 0 Å². The Morgan fingerprint density at radius 2 is 1.71 bits per heavy atom. The third-order valence-corrected chi connectivity index (χ3v) is 5.70. The molecule has 0 bridgehead atoms. The first-order chi connectivity index (χ1) is 16.3. The lowest BCUT2D eigenvalue weighted by Crippen LogP contribution is -2.49. The number of nitrogens with zero attached hydrogens (tertiary/aromatic N) is 2. The van der Waals surface area contributed by atoms with E-state index in [1.807, 2.05) is 30.3 Å². The van der Waals surface area contributed by atoms with Crippen molar-refractivity contribution in [3.8, 4) is 0 Å². The van der Waals surface area contributed by atoms with Crippen molar-refractivity contribution in [1.29, 1.82) is 0 Å². The van der Waals surface area contributed by atoms with Gasteiger partial charge in [0.05, 0.1) is 30.3 Å². The number of nitro benzene ring substituents is 1. The summed E-state index contributed by atoms with van der Waals surface area (Å²) in [6.45, 7) is 5.22. The van der Waals surface area contributed by atoms with Gasteiger partial charge in [-0.05, 0) is 44.0 Å². The molecule has 1 heterocycles. The fraction of sp³-hybridized carbons (Fsp3) is 0.417. The maximum absolute atomic E-state index is 13.0. The first-order valence-corrected chi connectivity index (χ1v) is 11.0. The van der Waals surface area contributed by atoms with Crippen molar-refractivity contribution >= 4 is 17.7 Å². The van der Waals surface area contributed by atoms with Gasteiger partial charge in [0, 0.05) is 12.1 Å². The third-order valence-electron chi connectivity index (χ3n) is 5.70. The number of aliphatic hydroxyl groups is 1. The Morgan fingerprint density at radius 3 is 2.26 bits per heavy atom. The van der Waals surface area contributed by atoms with Crippen molar-refractivity contribution in [3.05, 3.63) is 75.8 Å². The van der Waals surface area contributed by atoms with Gasteiger partial charge in [-0.2, -0.15) is 0 Å². The minimum Gasteiger partial charge on any atom is -0.466 e. The molecule has 0 saturated carbocycles. The molecule has 2 aromatic rings. The molecule has 1 fully saturated rings. The van der Waals surface area contributed by atoms with Crippen LogP contribution >= 0.6 is 0 Å². The number of hydrogen-bond acceptors (Lipinski definition) is 8. The second-order valence-electron chi connectivity index (χ2n) is 7.78. The number of hydrogen-bond donors (Lipinski definition) is 1. The Labute approximate surface area is 197 Å². The van der Waals surface area contributed by atoms with Crippen molar-refractivity contribution in [1.82, 2.24) is 4.90 Å². The summed E-state index contributed by atoms with van der Waals surface area (Å²) in [5, 5.41) is 22.2. The molecule has 1 aliphatic rings. The van der Waals surface area contributed by atoms with Crippen LogP contribution in [0.4, 0.5) is 10.5 Å².